The summed E-state index contributed by atoms with van der Waals surface area (Å²) in [6, 6.07) is 0.938. The predicted octanol–water partition coefficient (Wildman–Crippen LogP) is 3.87. The van der Waals surface area contributed by atoms with Crippen LogP contribution >= 0.6 is 0 Å². The first-order valence-corrected chi connectivity index (χ1v) is 9.83. The Morgan fingerprint density at radius 3 is 1.30 bits per heavy atom. The molecule has 0 aliphatic heterocycles. The molecule has 0 aliphatic carbocycles. The standard InChI is InChI=1S/C15H34O3Si.Pb.2H/c1-5-6-7-8-9-10-11-12-13-14-15-19(16-2,17-3)18-4;;;/h5-15H2,1-4H3;;;. The SMILES string of the molecule is CCCCCCCCCCCC[Si](OC)(OC)OC.[PbH2]. The summed E-state index contributed by atoms with van der Waals surface area (Å²) < 4.78 is 16.2. The van der Waals surface area contributed by atoms with Crippen LogP contribution in [-0.2, 0) is 13.3 Å². The topological polar surface area (TPSA) is 27.7 Å². The van der Waals surface area contributed by atoms with Crippen LogP contribution in [0.3, 0.4) is 0 Å². The van der Waals surface area contributed by atoms with Crippen LogP contribution in [-0.4, -0.2) is 57.4 Å². The van der Waals surface area contributed by atoms with E-state index in [-0.39, 0.29) is 27.3 Å². The van der Waals surface area contributed by atoms with Crippen LogP contribution in [0, 0.1) is 0 Å². The number of rotatable bonds is 14. The molecule has 0 unspecified atom stereocenters. The maximum atomic E-state index is 5.41. The minimum absolute atomic E-state index is 0. The van der Waals surface area contributed by atoms with Crippen LogP contribution in [0.4, 0.5) is 0 Å². The van der Waals surface area contributed by atoms with Crippen LogP contribution in [0.2, 0.25) is 6.04 Å². The van der Waals surface area contributed by atoms with Crippen molar-refractivity contribution in [1.82, 2.24) is 0 Å². The average Bonchev–Trinajstić information content (AvgIpc) is 2.46. The summed E-state index contributed by atoms with van der Waals surface area (Å²) >= 11 is 0. The van der Waals surface area contributed by atoms with E-state index >= 15 is 0 Å². The van der Waals surface area contributed by atoms with E-state index in [1.807, 2.05) is 0 Å². The first kappa shape index (κ1) is 23.3. The fourth-order valence-corrected chi connectivity index (χ4v) is 4.18. The number of unbranched alkanes of at least 4 members (excludes halogenated alkanes) is 9. The minimum atomic E-state index is -2.31. The molecule has 3 nitrogen and oxygen atoms in total. The first-order chi connectivity index (χ1) is 9.24. The molecule has 0 saturated heterocycles. The fourth-order valence-electron chi connectivity index (χ4n) is 2.39. The monoisotopic (exact) mass is 500 g/mol. The maximum absolute atomic E-state index is 5.41. The Hall–Kier alpha value is 1.02. The molecular formula is C15H36O3PbSi. The molecular weight excluding hydrogens is 463 g/mol. The molecule has 0 aromatic carbocycles. The van der Waals surface area contributed by atoms with Gasteiger partial charge in [0, 0.05) is 27.4 Å². The Morgan fingerprint density at radius 1 is 0.600 bits per heavy atom. The molecule has 0 fully saturated rings. The van der Waals surface area contributed by atoms with Crippen LogP contribution in [0.25, 0.3) is 0 Å². The van der Waals surface area contributed by atoms with E-state index in [4.69, 9.17) is 13.3 Å². The first-order valence-electron chi connectivity index (χ1n) is 7.90. The molecule has 0 aliphatic rings. The third-order valence-electron chi connectivity index (χ3n) is 3.77. The van der Waals surface area contributed by atoms with E-state index in [1.54, 1.807) is 21.3 Å². The second kappa shape index (κ2) is 16.4. The third-order valence-corrected chi connectivity index (χ3v) is 6.60. The molecule has 0 N–H and O–H groups in total. The van der Waals surface area contributed by atoms with Crippen molar-refractivity contribution >= 4 is 36.1 Å². The van der Waals surface area contributed by atoms with Gasteiger partial charge in [0.2, 0.25) is 0 Å². The fraction of sp³-hybridized carbons (Fsp3) is 1.00. The molecule has 122 valence electrons. The predicted molar refractivity (Wildman–Crippen MR) is 92.0 cm³/mol. The van der Waals surface area contributed by atoms with E-state index in [0.717, 1.165) is 12.5 Å². The Bertz CT molecular complexity index is 182. The molecule has 0 amide bonds. The Balaban J connectivity index is 0. The van der Waals surface area contributed by atoms with Crippen LogP contribution in [0.1, 0.15) is 71.1 Å². The zero-order valence-corrected chi connectivity index (χ0v) is 20.7. The number of hydrogen-bond donors (Lipinski definition) is 0. The third kappa shape index (κ3) is 11.7. The molecule has 0 rings (SSSR count). The van der Waals surface area contributed by atoms with Gasteiger partial charge in [-0.1, -0.05) is 64.7 Å². The van der Waals surface area contributed by atoms with E-state index < -0.39 is 8.80 Å². The molecule has 20 heavy (non-hydrogen) atoms. The molecule has 0 bridgehead atoms. The molecule has 0 spiro atoms. The second-order valence-electron chi connectivity index (χ2n) is 5.23. The van der Waals surface area contributed by atoms with Gasteiger partial charge in [0.25, 0.3) is 0 Å². The van der Waals surface area contributed by atoms with Crippen molar-refractivity contribution in [2.45, 2.75) is 77.2 Å². The summed E-state index contributed by atoms with van der Waals surface area (Å²) in [4.78, 5) is 0. The van der Waals surface area contributed by atoms with Gasteiger partial charge in [0.15, 0.2) is 0 Å². The molecule has 0 saturated carbocycles. The zero-order valence-electron chi connectivity index (χ0n) is 14.2. The van der Waals surface area contributed by atoms with E-state index in [9.17, 15) is 0 Å². The van der Waals surface area contributed by atoms with Gasteiger partial charge in [-0.3, -0.25) is 0 Å². The van der Waals surface area contributed by atoms with Gasteiger partial charge in [-0.05, 0) is 6.42 Å². The van der Waals surface area contributed by atoms with Crippen molar-refractivity contribution in [2.75, 3.05) is 21.3 Å². The van der Waals surface area contributed by atoms with Crippen molar-refractivity contribution in [3.8, 4) is 0 Å². The van der Waals surface area contributed by atoms with Crippen molar-refractivity contribution in [1.29, 1.82) is 0 Å². The van der Waals surface area contributed by atoms with Crippen LogP contribution < -0.4 is 0 Å². The summed E-state index contributed by atoms with van der Waals surface area (Å²) in [5.74, 6) is 0. The molecule has 0 aromatic rings. The molecule has 0 heterocycles. The summed E-state index contributed by atoms with van der Waals surface area (Å²) in [6.07, 6.45) is 13.5. The van der Waals surface area contributed by atoms with Gasteiger partial charge in [0.05, 0.1) is 0 Å². The van der Waals surface area contributed by atoms with Crippen molar-refractivity contribution in [3.05, 3.63) is 0 Å². The average molecular weight is 500 g/mol. The molecule has 0 aromatic heterocycles. The summed E-state index contributed by atoms with van der Waals surface area (Å²) in [7, 11) is 2.76. The van der Waals surface area contributed by atoms with Crippen molar-refractivity contribution in [3.63, 3.8) is 0 Å². The van der Waals surface area contributed by atoms with Crippen LogP contribution in [0.15, 0.2) is 0 Å². The van der Waals surface area contributed by atoms with Gasteiger partial charge in [0.1, 0.15) is 0 Å². The summed E-state index contributed by atoms with van der Waals surface area (Å²) in [5, 5.41) is 0. The number of hydrogen-bond acceptors (Lipinski definition) is 3. The van der Waals surface area contributed by atoms with Crippen molar-refractivity contribution in [2.24, 2.45) is 0 Å². The van der Waals surface area contributed by atoms with Crippen molar-refractivity contribution < 1.29 is 13.3 Å². The van der Waals surface area contributed by atoms with Gasteiger partial charge in [-0.25, -0.2) is 0 Å². The molecule has 0 atom stereocenters. The summed E-state index contributed by atoms with van der Waals surface area (Å²) in [6.45, 7) is 2.27. The molecule has 5 heteroatoms. The normalized spacial score (nSPS) is 11.4. The van der Waals surface area contributed by atoms with E-state index in [0.29, 0.717) is 0 Å². The van der Waals surface area contributed by atoms with E-state index in [2.05, 4.69) is 6.92 Å². The van der Waals surface area contributed by atoms with Gasteiger partial charge < -0.3 is 13.3 Å². The van der Waals surface area contributed by atoms with Gasteiger partial charge >= 0.3 is 36.1 Å². The Labute approximate surface area is 147 Å². The molecule has 2 radical (unpaired) electrons. The Kier molecular flexibility index (Phi) is 19.1. The quantitative estimate of drug-likeness (QED) is 0.268. The summed E-state index contributed by atoms with van der Waals surface area (Å²) in [5.41, 5.74) is 0. The second-order valence-corrected chi connectivity index (χ2v) is 8.32. The van der Waals surface area contributed by atoms with Gasteiger partial charge in [-0.15, -0.1) is 0 Å². The Morgan fingerprint density at radius 2 is 0.950 bits per heavy atom. The van der Waals surface area contributed by atoms with E-state index in [1.165, 1.54) is 57.8 Å². The van der Waals surface area contributed by atoms with Gasteiger partial charge in [-0.2, -0.15) is 0 Å². The van der Waals surface area contributed by atoms with Crippen LogP contribution in [0.5, 0.6) is 0 Å². The zero-order chi connectivity index (χ0) is 14.4.